The van der Waals surface area contributed by atoms with Gasteiger partial charge >= 0.3 is 5.97 Å². The molecule has 3 rings (SSSR count). The summed E-state index contributed by atoms with van der Waals surface area (Å²) in [6.45, 7) is 5.72. The Balaban J connectivity index is 2.04. The summed E-state index contributed by atoms with van der Waals surface area (Å²) in [6, 6.07) is 12.3. The van der Waals surface area contributed by atoms with Gasteiger partial charge in [-0.1, -0.05) is 24.8 Å². The third-order valence-electron chi connectivity index (χ3n) is 4.97. The first-order valence-corrected chi connectivity index (χ1v) is 9.86. The fraction of sp³-hybridized carbons (Fsp3) is 0.200. The second-order valence-electron chi connectivity index (χ2n) is 6.86. The van der Waals surface area contributed by atoms with Crippen LogP contribution in [0.1, 0.15) is 12.5 Å². The van der Waals surface area contributed by atoms with E-state index in [4.69, 9.17) is 18.9 Å². The van der Waals surface area contributed by atoms with E-state index < -0.39 is 5.97 Å². The van der Waals surface area contributed by atoms with Gasteiger partial charge in [-0.15, -0.1) is 0 Å². The van der Waals surface area contributed by atoms with Gasteiger partial charge in [-0.05, 0) is 42.8 Å². The van der Waals surface area contributed by atoms with E-state index in [1.54, 1.807) is 49.4 Å². The highest BCUT2D eigenvalue weighted by Crippen LogP contribution is 2.39. The van der Waals surface area contributed by atoms with Gasteiger partial charge in [0.1, 0.15) is 12.4 Å². The van der Waals surface area contributed by atoms with Crippen LogP contribution in [0.5, 0.6) is 17.2 Å². The first-order chi connectivity index (χ1) is 15.4. The molecule has 1 aliphatic rings. The van der Waals surface area contributed by atoms with Crippen LogP contribution in [0.3, 0.4) is 0 Å². The number of rotatable bonds is 8. The highest BCUT2D eigenvalue weighted by atomic mass is 16.5. The molecular formula is C25H25NO6. The predicted octanol–water partition coefficient (Wildman–Crippen LogP) is 4.15. The van der Waals surface area contributed by atoms with Gasteiger partial charge in [0.25, 0.3) is 5.91 Å². The molecule has 0 saturated heterocycles. The molecule has 0 N–H and O–H groups in total. The molecule has 166 valence electrons. The van der Waals surface area contributed by atoms with Gasteiger partial charge in [-0.25, -0.2) is 4.79 Å². The molecule has 32 heavy (non-hydrogen) atoms. The minimum absolute atomic E-state index is 0.208. The molecule has 1 heterocycles. The molecule has 0 aliphatic carbocycles. The lowest BCUT2D eigenvalue weighted by molar-refractivity contribution is -0.136. The molecule has 0 saturated carbocycles. The number of amides is 1. The van der Waals surface area contributed by atoms with Crippen LogP contribution in [0, 0.1) is 0 Å². The van der Waals surface area contributed by atoms with E-state index in [1.807, 2.05) is 12.1 Å². The quantitative estimate of drug-likeness (QED) is 0.352. The smallest absolute Gasteiger partial charge is 0.340 e. The standard InChI is InChI=1S/C25H25NO6/c1-6-13-32-19-10-7-17(8-11-19)14-20-23(25(28)31-5)16(2)26(24(20)27)18-9-12-21(29-3)22(15-18)30-4/h6-12,14-15H,1,13H2,2-5H3/b20-14-. The normalized spacial score (nSPS) is 14.6. The SMILES string of the molecule is C=CCOc1ccc(/C=C2\C(=O)N(c3ccc(OC)c(OC)c3)C(C)=C2C(=O)OC)cc1. The number of methoxy groups -OCH3 is 3. The molecule has 0 spiro atoms. The molecule has 0 unspecified atom stereocenters. The fourth-order valence-corrected chi connectivity index (χ4v) is 3.44. The Kier molecular flexibility index (Phi) is 7.00. The molecule has 1 aliphatic heterocycles. The molecule has 7 nitrogen and oxygen atoms in total. The van der Waals surface area contributed by atoms with Crippen molar-refractivity contribution in [1.29, 1.82) is 0 Å². The summed E-state index contributed by atoms with van der Waals surface area (Å²) in [7, 11) is 4.34. The van der Waals surface area contributed by atoms with Crippen LogP contribution in [0.15, 0.2) is 72.0 Å². The van der Waals surface area contributed by atoms with Crippen molar-refractivity contribution in [3.05, 3.63) is 77.5 Å². The van der Waals surface area contributed by atoms with Crippen LogP contribution in [0.4, 0.5) is 5.69 Å². The minimum Gasteiger partial charge on any atom is -0.493 e. The van der Waals surface area contributed by atoms with Crippen LogP contribution < -0.4 is 19.1 Å². The second-order valence-corrected chi connectivity index (χ2v) is 6.86. The number of carbonyl (C=O) groups is 2. The largest absolute Gasteiger partial charge is 0.493 e. The van der Waals surface area contributed by atoms with Gasteiger partial charge in [-0.2, -0.15) is 0 Å². The molecule has 7 heteroatoms. The van der Waals surface area contributed by atoms with Crippen molar-refractivity contribution < 1.29 is 28.5 Å². The minimum atomic E-state index is -0.587. The van der Waals surface area contributed by atoms with Crippen molar-refractivity contribution in [3.8, 4) is 17.2 Å². The van der Waals surface area contributed by atoms with Gasteiger partial charge in [0.15, 0.2) is 11.5 Å². The molecule has 0 radical (unpaired) electrons. The number of nitrogens with zero attached hydrogens (tertiary/aromatic N) is 1. The van der Waals surface area contributed by atoms with Gasteiger partial charge in [0.05, 0.1) is 38.2 Å². The monoisotopic (exact) mass is 435 g/mol. The number of esters is 1. The summed E-state index contributed by atoms with van der Waals surface area (Å²) in [6.07, 6.45) is 3.32. The van der Waals surface area contributed by atoms with Gasteiger partial charge in [0, 0.05) is 11.8 Å². The van der Waals surface area contributed by atoms with Crippen LogP contribution in [-0.4, -0.2) is 39.8 Å². The molecule has 2 aromatic rings. The summed E-state index contributed by atoms with van der Waals surface area (Å²) in [5, 5.41) is 0. The Bertz CT molecular complexity index is 1100. The maximum atomic E-state index is 13.4. The fourth-order valence-electron chi connectivity index (χ4n) is 3.44. The first kappa shape index (κ1) is 22.7. The summed E-state index contributed by atoms with van der Waals surface area (Å²) >= 11 is 0. The van der Waals surface area contributed by atoms with Crippen molar-refractivity contribution in [2.75, 3.05) is 32.8 Å². The van der Waals surface area contributed by atoms with Crippen molar-refractivity contribution in [2.45, 2.75) is 6.92 Å². The maximum Gasteiger partial charge on any atom is 0.340 e. The molecule has 0 aromatic heterocycles. The van der Waals surface area contributed by atoms with Crippen molar-refractivity contribution in [3.63, 3.8) is 0 Å². The number of allylic oxidation sites excluding steroid dienone is 1. The maximum absolute atomic E-state index is 13.4. The first-order valence-electron chi connectivity index (χ1n) is 9.86. The lowest BCUT2D eigenvalue weighted by Gasteiger charge is -2.19. The average molecular weight is 435 g/mol. The third-order valence-corrected chi connectivity index (χ3v) is 4.97. The number of anilines is 1. The molecule has 2 aromatic carbocycles. The highest BCUT2D eigenvalue weighted by molar-refractivity contribution is 6.23. The van der Waals surface area contributed by atoms with E-state index in [1.165, 1.54) is 26.2 Å². The topological polar surface area (TPSA) is 74.3 Å². The number of carbonyl (C=O) groups excluding carboxylic acids is 2. The van der Waals surface area contributed by atoms with Crippen LogP contribution >= 0.6 is 0 Å². The Hall–Kier alpha value is -4.00. The van der Waals surface area contributed by atoms with Crippen molar-refractivity contribution in [1.82, 2.24) is 0 Å². The van der Waals surface area contributed by atoms with Gasteiger partial charge < -0.3 is 18.9 Å². The molecule has 0 atom stereocenters. The number of hydrogen-bond donors (Lipinski definition) is 0. The number of hydrogen-bond acceptors (Lipinski definition) is 6. The zero-order valence-electron chi connectivity index (χ0n) is 18.5. The zero-order valence-corrected chi connectivity index (χ0v) is 18.5. The molecular weight excluding hydrogens is 410 g/mol. The van der Waals surface area contributed by atoms with E-state index in [-0.39, 0.29) is 17.1 Å². The van der Waals surface area contributed by atoms with Gasteiger partial charge in [-0.3, -0.25) is 9.69 Å². The van der Waals surface area contributed by atoms with E-state index in [2.05, 4.69) is 6.58 Å². The van der Waals surface area contributed by atoms with Crippen LogP contribution in [-0.2, 0) is 14.3 Å². The third kappa shape index (κ3) is 4.37. The van der Waals surface area contributed by atoms with Crippen molar-refractivity contribution >= 4 is 23.6 Å². The summed E-state index contributed by atoms with van der Waals surface area (Å²) in [4.78, 5) is 27.4. The molecule has 0 bridgehead atoms. The Morgan fingerprint density at radius 2 is 1.72 bits per heavy atom. The number of ether oxygens (including phenoxy) is 4. The predicted molar refractivity (Wildman–Crippen MR) is 122 cm³/mol. The molecule has 0 fully saturated rings. The Labute approximate surface area is 187 Å². The zero-order chi connectivity index (χ0) is 23.3. The van der Waals surface area contributed by atoms with Crippen LogP contribution in [0.25, 0.3) is 6.08 Å². The molecule has 1 amide bonds. The highest BCUT2D eigenvalue weighted by Gasteiger charge is 2.38. The number of benzene rings is 2. The lowest BCUT2D eigenvalue weighted by Crippen LogP contribution is -2.24. The lowest BCUT2D eigenvalue weighted by atomic mass is 10.0. The average Bonchev–Trinajstić information content (AvgIpc) is 3.06. The Morgan fingerprint density at radius 1 is 1.03 bits per heavy atom. The van der Waals surface area contributed by atoms with E-state index in [9.17, 15) is 9.59 Å². The Morgan fingerprint density at radius 3 is 2.31 bits per heavy atom. The summed E-state index contributed by atoms with van der Waals surface area (Å²) in [5.41, 5.74) is 2.19. The summed E-state index contributed by atoms with van der Waals surface area (Å²) < 4.78 is 21.1. The summed E-state index contributed by atoms with van der Waals surface area (Å²) in [5.74, 6) is 0.750. The second kappa shape index (κ2) is 9.87. The van der Waals surface area contributed by atoms with Crippen LogP contribution in [0.2, 0.25) is 0 Å². The van der Waals surface area contributed by atoms with E-state index in [0.717, 1.165) is 5.56 Å². The van der Waals surface area contributed by atoms with Gasteiger partial charge in [0.2, 0.25) is 0 Å². The van der Waals surface area contributed by atoms with E-state index in [0.29, 0.717) is 35.2 Å². The van der Waals surface area contributed by atoms with E-state index >= 15 is 0 Å². The van der Waals surface area contributed by atoms with Crippen molar-refractivity contribution in [2.24, 2.45) is 0 Å².